The minimum atomic E-state index is -0.522. The number of urea groups is 1. The normalized spacial score (nSPS) is 14.6. The van der Waals surface area contributed by atoms with Crippen LogP contribution in [0.5, 0.6) is 0 Å². The monoisotopic (exact) mass is 491 g/mol. The van der Waals surface area contributed by atoms with E-state index in [2.05, 4.69) is 9.88 Å². The molecule has 6 nitrogen and oxygen atoms in total. The van der Waals surface area contributed by atoms with Gasteiger partial charge in [-0.1, -0.05) is 42.5 Å². The molecule has 3 aromatic carbocycles. The third kappa shape index (κ3) is 4.08. The van der Waals surface area contributed by atoms with Crippen molar-refractivity contribution in [2.75, 3.05) is 5.32 Å². The molecule has 3 heterocycles. The number of hydrogen-bond donors (Lipinski definition) is 1. The van der Waals surface area contributed by atoms with Crippen molar-refractivity contribution in [2.45, 2.75) is 26.4 Å². The molecule has 0 bridgehead atoms. The maximum atomic E-state index is 14.5. The van der Waals surface area contributed by atoms with Gasteiger partial charge in [0.1, 0.15) is 11.6 Å². The van der Waals surface area contributed by atoms with Crippen LogP contribution in [0.4, 0.5) is 14.9 Å². The molecule has 7 heteroatoms. The number of amides is 2. The van der Waals surface area contributed by atoms with Gasteiger partial charge in [-0.2, -0.15) is 5.10 Å². The van der Waals surface area contributed by atoms with E-state index in [1.165, 1.54) is 12.1 Å². The molecule has 2 aromatic heterocycles. The summed E-state index contributed by atoms with van der Waals surface area (Å²) < 4.78 is 18.4. The minimum absolute atomic E-state index is 0.271. The molecular weight excluding hydrogens is 465 g/mol. The number of carbonyl (C=O) groups is 1. The van der Waals surface area contributed by atoms with Gasteiger partial charge < -0.3 is 14.8 Å². The average Bonchev–Trinajstić information content (AvgIpc) is 3.45. The van der Waals surface area contributed by atoms with Crippen LogP contribution in [0.25, 0.3) is 11.5 Å². The van der Waals surface area contributed by atoms with Gasteiger partial charge in [-0.15, -0.1) is 0 Å². The van der Waals surface area contributed by atoms with E-state index in [1.54, 1.807) is 11.0 Å². The SMILES string of the molecule is Cc1cccc(NC(=O)N2Cc3c(C)nn(-c4ccccc4)c3-n3cccc3[C@H]2c2cccc(F)c2)c1. The Hall–Kier alpha value is -4.65. The van der Waals surface area contributed by atoms with Gasteiger partial charge in [0.2, 0.25) is 0 Å². The highest BCUT2D eigenvalue weighted by molar-refractivity contribution is 5.90. The van der Waals surface area contributed by atoms with Gasteiger partial charge in [0.25, 0.3) is 0 Å². The van der Waals surface area contributed by atoms with Gasteiger partial charge in [0, 0.05) is 17.4 Å². The number of aryl methyl sites for hydroxylation is 2. The summed E-state index contributed by atoms with van der Waals surface area (Å²) in [5.41, 5.74) is 5.98. The van der Waals surface area contributed by atoms with Crippen molar-refractivity contribution >= 4 is 11.7 Å². The third-order valence-corrected chi connectivity index (χ3v) is 6.78. The maximum absolute atomic E-state index is 14.5. The topological polar surface area (TPSA) is 55.1 Å². The van der Waals surface area contributed by atoms with E-state index < -0.39 is 6.04 Å². The minimum Gasteiger partial charge on any atom is -0.308 e. The van der Waals surface area contributed by atoms with Crippen LogP contribution in [0.15, 0.2) is 97.2 Å². The van der Waals surface area contributed by atoms with E-state index in [4.69, 9.17) is 5.10 Å². The standard InChI is InChI=1S/C30H26FN5O/c1-20-9-6-12-24(17-20)32-30(37)35-19-26-21(2)33-36(25-13-4-3-5-14-25)29(26)34-16-8-15-27(34)28(35)22-10-7-11-23(31)18-22/h3-18,28H,19H2,1-2H3,(H,32,37)/t28-/m1/s1. The fraction of sp³-hybridized carbons (Fsp3) is 0.133. The van der Waals surface area contributed by atoms with Crippen LogP contribution in [0.3, 0.4) is 0 Å². The quantitative estimate of drug-likeness (QED) is 0.311. The summed E-state index contributed by atoms with van der Waals surface area (Å²) >= 11 is 0. The summed E-state index contributed by atoms with van der Waals surface area (Å²) in [7, 11) is 0. The summed E-state index contributed by atoms with van der Waals surface area (Å²) in [6.07, 6.45) is 1.98. The zero-order valence-electron chi connectivity index (χ0n) is 20.6. The first-order valence-corrected chi connectivity index (χ1v) is 12.2. The second kappa shape index (κ2) is 9.09. The molecule has 2 amide bonds. The number of anilines is 1. The Bertz CT molecular complexity index is 1600. The molecule has 1 N–H and O–H groups in total. The van der Waals surface area contributed by atoms with Crippen molar-refractivity contribution in [1.82, 2.24) is 19.2 Å². The molecule has 1 atom stereocenters. The highest BCUT2D eigenvalue weighted by atomic mass is 19.1. The summed E-state index contributed by atoms with van der Waals surface area (Å²) in [5, 5.41) is 7.92. The molecule has 37 heavy (non-hydrogen) atoms. The Labute approximate surface area is 214 Å². The van der Waals surface area contributed by atoms with E-state index in [1.807, 2.05) is 97.5 Å². The lowest BCUT2D eigenvalue weighted by Gasteiger charge is -2.31. The van der Waals surface area contributed by atoms with Gasteiger partial charge in [-0.05, 0) is 73.5 Å². The Morgan fingerprint density at radius 1 is 0.946 bits per heavy atom. The number of fused-ring (bicyclic) bond motifs is 3. The largest absolute Gasteiger partial charge is 0.322 e. The van der Waals surface area contributed by atoms with Crippen LogP contribution in [0.2, 0.25) is 0 Å². The van der Waals surface area contributed by atoms with Crippen molar-refractivity contribution in [3.63, 3.8) is 0 Å². The molecule has 0 radical (unpaired) electrons. The molecule has 0 unspecified atom stereocenters. The first-order valence-electron chi connectivity index (χ1n) is 12.2. The molecule has 0 fully saturated rings. The zero-order chi connectivity index (χ0) is 25.5. The molecular formula is C30H26FN5O. The second-order valence-corrected chi connectivity index (χ2v) is 9.32. The predicted octanol–water partition coefficient (Wildman–Crippen LogP) is 6.56. The summed E-state index contributed by atoms with van der Waals surface area (Å²) in [5.74, 6) is 0.527. The number of aromatic nitrogens is 3. The average molecular weight is 492 g/mol. The first-order chi connectivity index (χ1) is 18.0. The molecule has 0 spiro atoms. The van der Waals surface area contributed by atoms with Crippen LogP contribution in [0, 0.1) is 19.7 Å². The van der Waals surface area contributed by atoms with Crippen LogP contribution in [-0.4, -0.2) is 25.3 Å². The van der Waals surface area contributed by atoms with Crippen molar-refractivity contribution in [2.24, 2.45) is 0 Å². The number of nitrogens with one attached hydrogen (secondary N) is 1. The number of rotatable bonds is 3. The van der Waals surface area contributed by atoms with Crippen molar-refractivity contribution in [3.8, 4) is 11.5 Å². The first kappa shape index (κ1) is 22.8. The van der Waals surface area contributed by atoms with Gasteiger partial charge in [0.15, 0.2) is 0 Å². The van der Waals surface area contributed by atoms with Gasteiger partial charge >= 0.3 is 6.03 Å². The Balaban J connectivity index is 1.54. The second-order valence-electron chi connectivity index (χ2n) is 9.32. The van der Waals surface area contributed by atoms with Crippen molar-refractivity contribution in [3.05, 3.63) is 131 Å². The number of benzene rings is 3. The van der Waals surface area contributed by atoms with Crippen LogP contribution < -0.4 is 5.32 Å². The number of nitrogens with zero attached hydrogens (tertiary/aromatic N) is 4. The number of hydrogen-bond acceptors (Lipinski definition) is 2. The fourth-order valence-corrected chi connectivity index (χ4v) is 5.09. The highest BCUT2D eigenvalue weighted by Gasteiger charge is 2.36. The van der Waals surface area contributed by atoms with Crippen LogP contribution in [-0.2, 0) is 6.54 Å². The molecule has 0 aliphatic carbocycles. The Kier molecular flexibility index (Phi) is 5.60. The Morgan fingerprint density at radius 2 is 1.76 bits per heavy atom. The summed E-state index contributed by atoms with van der Waals surface area (Å²) in [4.78, 5) is 15.7. The van der Waals surface area contributed by atoms with E-state index in [0.29, 0.717) is 17.8 Å². The molecule has 0 saturated carbocycles. The lowest BCUT2D eigenvalue weighted by molar-refractivity contribution is 0.194. The van der Waals surface area contributed by atoms with Crippen molar-refractivity contribution < 1.29 is 9.18 Å². The molecule has 1 aliphatic heterocycles. The lowest BCUT2D eigenvalue weighted by Crippen LogP contribution is -2.38. The number of para-hydroxylation sites is 1. The molecule has 0 saturated heterocycles. The molecule has 5 aromatic rings. The maximum Gasteiger partial charge on any atom is 0.322 e. The smallest absolute Gasteiger partial charge is 0.308 e. The highest BCUT2D eigenvalue weighted by Crippen LogP contribution is 2.38. The van der Waals surface area contributed by atoms with Gasteiger partial charge in [-0.3, -0.25) is 0 Å². The molecule has 6 rings (SSSR count). The van der Waals surface area contributed by atoms with Crippen LogP contribution in [0.1, 0.15) is 34.1 Å². The summed E-state index contributed by atoms with van der Waals surface area (Å²) in [6, 6.07) is 27.2. The zero-order valence-corrected chi connectivity index (χ0v) is 20.6. The van der Waals surface area contributed by atoms with E-state index in [9.17, 15) is 9.18 Å². The van der Waals surface area contributed by atoms with E-state index >= 15 is 0 Å². The third-order valence-electron chi connectivity index (χ3n) is 6.78. The fourth-order valence-electron chi connectivity index (χ4n) is 5.09. The molecule has 1 aliphatic rings. The van der Waals surface area contributed by atoms with Gasteiger partial charge in [-0.25, -0.2) is 13.9 Å². The van der Waals surface area contributed by atoms with E-state index in [-0.39, 0.29) is 11.8 Å². The molecule has 184 valence electrons. The Morgan fingerprint density at radius 3 is 2.54 bits per heavy atom. The van der Waals surface area contributed by atoms with Crippen LogP contribution >= 0.6 is 0 Å². The summed E-state index contributed by atoms with van der Waals surface area (Å²) in [6.45, 7) is 4.24. The number of halogens is 1. The van der Waals surface area contributed by atoms with Gasteiger partial charge in [0.05, 0.1) is 29.7 Å². The number of carbonyl (C=O) groups excluding carboxylic acids is 1. The van der Waals surface area contributed by atoms with E-state index in [0.717, 1.165) is 34.0 Å². The predicted molar refractivity (Wildman–Crippen MR) is 142 cm³/mol. The lowest BCUT2D eigenvalue weighted by atomic mass is 10.0. The van der Waals surface area contributed by atoms with Crippen molar-refractivity contribution in [1.29, 1.82) is 0 Å².